The summed E-state index contributed by atoms with van der Waals surface area (Å²) in [5.41, 5.74) is -0.380. The van der Waals surface area contributed by atoms with Gasteiger partial charge in [0.15, 0.2) is 0 Å². The molecular formula is C12H23N2O2+. The van der Waals surface area contributed by atoms with Crippen molar-refractivity contribution in [2.24, 2.45) is 5.92 Å². The quantitative estimate of drug-likeness (QED) is 0.658. The van der Waals surface area contributed by atoms with Gasteiger partial charge in [-0.25, -0.2) is 4.79 Å². The van der Waals surface area contributed by atoms with Crippen LogP contribution in [0, 0.1) is 5.92 Å². The first-order valence-electron chi connectivity index (χ1n) is 6.27. The Balaban J connectivity index is 1.90. The van der Waals surface area contributed by atoms with Gasteiger partial charge in [0.05, 0.1) is 13.1 Å². The second kappa shape index (κ2) is 4.24. The number of ether oxygens (including phenoxy) is 1. The Labute approximate surface area is 97.3 Å². The molecule has 2 fully saturated rings. The SMILES string of the molecule is CC(C)(C)OC(=O)N1C[C@H]2CCC[NH2+][C@H]2C1. The Morgan fingerprint density at radius 3 is 2.75 bits per heavy atom. The number of carbonyl (C=O) groups excluding carboxylic acids is 1. The van der Waals surface area contributed by atoms with E-state index in [0.29, 0.717) is 12.0 Å². The summed E-state index contributed by atoms with van der Waals surface area (Å²) in [5.74, 6) is 0.682. The molecule has 4 heteroatoms. The minimum Gasteiger partial charge on any atom is -0.444 e. The van der Waals surface area contributed by atoms with E-state index in [0.717, 1.165) is 13.1 Å². The number of quaternary nitrogens is 1. The highest BCUT2D eigenvalue weighted by atomic mass is 16.6. The largest absolute Gasteiger partial charge is 0.444 e. The molecule has 0 spiro atoms. The van der Waals surface area contributed by atoms with E-state index in [1.54, 1.807) is 0 Å². The van der Waals surface area contributed by atoms with Crippen molar-refractivity contribution in [2.45, 2.75) is 45.3 Å². The monoisotopic (exact) mass is 227 g/mol. The van der Waals surface area contributed by atoms with Gasteiger partial charge in [0, 0.05) is 12.5 Å². The maximum absolute atomic E-state index is 11.9. The molecule has 0 aliphatic carbocycles. The lowest BCUT2D eigenvalue weighted by Crippen LogP contribution is -2.93. The third kappa shape index (κ3) is 2.67. The summed E-state index contributed by atoms with van der Waals surface area (Å²) in [5, 5.41) is 2.39. The summed E-state index contributed by atoms with van der Waals surface area (Å²) in [7, 11) is 0. The highest BCUT2D eigenvalue weighted by molar-refractivity contribution is 5.68. The average molecular weight is 227 g/mol. The number of nitrogens with two attached hydrogens (primary N) is 1. The van der Waals surface area contributed by atoms with Gasteiger partial charge in [0.1, 0.15) is 11.6 Å². The second-order valence-corrected chi connectivity index (χ2v) is 5.98. The number of amides is 1. The van der Waals surface area contributed by atoms with E-state index in [9.17, 15) is 4.79 Å². The number of hydrogen-bond acceptors (Lipinski definition) is 2. The van der Waals surface area contributed by atoms with E-state index >= 15 is 0 Å². The van der Waals surface area contributed by atoms with Crippen LogP contribution in [0.2, 0.25) is 0 Å². The molecule has 0 saturated carbocycles. The lowest BCUT2D eigenvalue weighted by atomic mass is 9.94. The molecule has 2 rings (SSSR count). The van der Waals surface area contributed by atoms with Crippen LogP contribution in [0.4, 0.5) is 4.79 Å². The lowest BCUT2D eigenvalue weighted by Gasteiger charge is -2.24. The van der Waals surface area contributed by atoms with Crippen LogP contribution >= 0.6 is 0 Å². The summed E-state index contributed by atoms with van der Waals surface area (Å²) in [4.78, 5) is 13.8. The number of hydrogen-bond donors (Lipinski definition) is 1. The van der Waals surface area contributed by atoms with Crippen LogP contribution in [0.3, 0.4) is 0 Å². The molecule has 4 nitrogen and oxygen atoms in total. The van der Waals surface area contributed by atoms with Crippen molar-refractivity contribution in [2.75, 3.05) is 19.6 Å². The van der Waals surface area contributed by atoms with Crippen LogP contribution in [0.15, 0.2) is 0 Å². The summed E-state index contributed by atoms with van der Waals surface area (Å²) in [6, 6.07) is 0.612. The fourth-order valence-corrected chi connectivity index (χ4v) is 2.66. The van der Waals surface area contributed by atoms with Crippen molar-refractivity contribution in [1.29, 1.82) is 0 Å². The Hall–Kier alpha value is -0.770. The second-order valence-electron chi connectivity index (χ2n) is 5.98. The molecule has 0 aromatic heterocycles. The molecule has 2 saturated heterocycles. The van der Waals surface area contributed by atoms with E-state index in [1.807, 2.05) is 25.7 Å². The van der Waals surface area contributed by atoms with E-state index in [2.05, 4.69) is 5.32 Å². The van der Waals surface area contributed by atoms with Gasteiger partial charge < -0.3 is 15.0 Å². The zero-order chi connectivity index (χ0) is 11.8. The molecule has 2 aliphatic rings. The maximum Gasteiger partial charge on any atom is 0.410 e. The summed E-state index contributed by atoms with van der Waals surface area (Å²) in [6.07, 6.45) is 2.40. The number of piperidine rings is 1. The Kier molecular flexibility index (Phi) is 3.10. The fraction of sp³-hybridized carbons (Fsp3) is 0.917. The molecule has 2 aliphatic heterocycles. The lowest BCUT2D eigenvalue weighted by molar-refractivity contribution is -0.699. The molecule has 2 N–H and O–H groups in total. The Morgan fingerprint density at radius 1 is 1.38 bits per heavy atom. The van der Waals surface area contributed by atoms with Gasteiger partial charge in [0.25, 0.3) is 0 Å². The third-order valence-corrected chi connectivity index (χ3v) is 3.39. The summed E-state index contributed by atoms with van der Waals surface area (Å²) in [6.45, 7) is 8.71. The topological polar surface area (TPSA) is 46.1 Å². The first-order chi connectivity index (χ1) is 7.46. The van der Waals surface area contributed by atoms with Crippen molar-refractivity contribution in [3.05, 3.63) is 0 Å². The van der Waals surface area contributed by atoms with E-state index in [4.69, 9.17) is 4.74 Å². The van der Waals surface area contributed by atoms with Crippen molar-refractivity contribution in [1.82, 2.24) is 4.90 Å². The summed E-state index contributed by atoms with van der Waals surface area (Å²) < 4.78 is 5.40. The maximum atomic E-state index is 11.9. The highest BCUT2D eigenvalue weighted by Gasteiger charge is 2.40. The molecule has 92 valence electrons. The number of likely N-dealkylation sites (tertiary alicyclic amines) is 1. The number of fused-ring (bicyclic) bond motifs is 1. The zero-order valence-corrected chi connectivity index (χ0v) is 10.5. The molecule has 2 heterocycles. The van der Waals surface area contributed by atoms with E-state index in [1.165, 1.54) is 19.4 Å². The van der Waals surface area contributed by atoms with Crippen LogP contribution < -0.4 is 5.32 Å². The minimum atomic E-state index is -0.380. The Morgan fingerprint density at radius 2 is 2.12 bits per heavy atom. The van der Waals surface area contributed by atoms with Crippen LogP contribution in [0.5, 0.6) is 0 Å². The molecule has 2 atom stereocenters. The van der Waals surface area contributed by atoms with Gasteiger partial charge in [-0.2, -0.15) is 0 Å². The standard InChI is InChI=1S/C12H22N2O2/c1-12(2,3)16-11(15)14-7-9-5-4-6-13-10(9)8-14/h9-10,13H,4-8H2,1-3H3/p+1/t9-,10+/m1/s1. The average Bonchev–Trinajstić information content (AvgIpc) is 2.58. The van der Waals surface area contributed by atoms with Crippen LogP contribution in [-0.2, 0) is 4.74 Å². The smallest absolute Gasteiger partial charge is 0.410 e. The molecule has 0 radical (unpaired) electrons. The summed E-state index contributed by atoms with van der Waals surface area (Å²) >= 11 is 0. The molecule has 1 amide bonds. The van der Waals surface area contributed by atoms with Crippen molar-refractivity contribution >= 4 is 6.09 Å². The van der Waals surface area contributed by atoms with E-state index < -0.39 is 0 Å². The normalized spacial score (nSPS) is 30.1. The predicted octanol–water partition coefficient (Wildman–Crippen LogP) is 0.579. The van der Waals surface area contributed by atoms with Crippen molar-refractivity contribution in [3.63, 3.8) is 0 Å². The molecule has 0 bridgehead atoms. The number of rotatable bonds is 0. The molecule has 0 unspecified atom stereocenters. The van der Waals surface area contributed by atoms with E-state index in [-0.39, 0.29) is 11.7 Å². The third-order valence-electron chi connectivity index (χ3n) is 3.39. The predicted molar refractivity (Wildman–Crippen MR) is 61.1 cm³/mol. The van der Waals surface area contributed by atoms with Crippen LogP contribution in [0.25, 0.3) is 0 Å². The number of carbonyl (C=O) groups is 1. The van der Waals surface area contributed by atoms with Gasteiger partial charge in [0.2, 0.25) is 0 Å². The van der Waals surface area contributed by atoms with Crippen molar-refractivity contribution < 1.29 is 14.8 Å². The fourth-order valence-electron chi connectivity index (χ4n) is 2.66. The van der Waals surface area contributed by atoms with Gasteiger partial charge in [-0.05, 0) is 33.6 Å². The zero-order valence-electron chi connectivity index (χ0n) is 10.5. The minimum absolute atomic E-state index is 0.143. The first kappa shape index (κ1) is 11.7. The first-order valence-corrected chi connectivity index (χ1v) is 6.27. The number of nitrogens with zero attached hydrogens (tertiary/aromatic N) is 1. The van der Waals surface area contributed by atoms with Crippen molar-refractivity contribution in [3.8, 4) is 0 Å². The molecule has 0 aromatic carbocycles. The van der Waals surface area contributed by atoms with Crippen LogP contribution in [0.1, 0.15) is 33.6 Å². The van der Waals surface area contributed by atoms with Gasteiger partial charge >= 0.3 is 6.09 Å². The highest BCUT2D eigenvalue weighted by Crippen LogP contribution is 2.23. The molecule has 0 aromatic rings. The molecular weight excluding hydrogens is 204 g/mol. The van der Waals surface area contributed by atoms with Gasteiger partial charge in [-0.3, -0.25) is 0 Å². The molecule has 16 heavy (non-hydrogen) atoms. The van der Waals surface area contributed by atoms with Gasteiger partial charge in [-0.1, -0.05) is 0 Å². The van der Waals surface area contributed by atoms with Crippen LogP contribution in [-0.4, -0.2) is 42.3 Å². The Bertz CT molecular complexity index is 259. The van der Waals surface area contributed by atoms with Gasteiger partial charge in [-0.15, -0.1) is 0 Å².